The summed E-state index contributed by atoms with van der Waals surface area (Å²) in [6.07, 6.45) is 1.87. The van der Waals surface area contributed by atoms with Crippen molar-refractivity contribution in [2.45, 2.75) is 6.54 Å². The van der Waals surface area contributed by atoms with E-state index in [1.165, 1.54) is 10.9 Å². The number of hydrogen-bond acceptors (Lipinski definition) is 4. The molecule has 0 spiro atoms. The molecule has 0 radical (unpaired) electrons. The van der Waals surface area contributed by atoms with Crippen LogP contribution in [0.15, 0.2) is 30.5 Å². The first-order valence-electron chi connectivity index (χ1n) is 6.45. The molecule has 0 amide bonds. The van der Waals surface area contributed by atoms with Crippen LogP contribution in [0.1, 0.15) is 4.88 Å². The second-order valence-corrected chi connectivity index (χ2v) is 5.75. The average molecular weight is 277 g/mol. The van der Waals surface area contributed by atoms with Crippen LogP contribution in [0.3, 0.4) is 0 Å². The van der Waals surface area contributed by atoms with Crippen LogP contribution in [0.2, 0.25) is 0 Å². The number of thiazole rings is 1. The summed E-state index contributed by atoms with van der Waals surface area (Å²) in [6.45, 7) is 5.12. The maximum absolute atomic E-state index is 13.7. The number of nitrogens with one attached hydrogen (secondary N) is 1. The molecule has 0 unspecified atom stereocenters. The van der Waals surface area contributed by atoms with Crippen LogP contribution in [0.4, 0.5) is 4.39 Å². The molecule has 3 rings (SSSR count). The molecular weight excluding hydrogens is 261 g/mol. The second-order valence-electron chi connectivity index (χ2n) is 4.64. The predicted octanol–water partition coefficient (Wildman–Crippen LogP) is 2.35. The molecule has 100 valence electrons. The molecule has 1 aromatic carbocycles. The van der Waals surface area contributed by atoms with E-state index in [1.54, 1.807) is 23.5 Å². The lowest BCUT2D eigenvalue weighted by atomic mass is 10.2. The van der Waals surface area contributed by atoms with E-state index >= 15 is 0 Å². The maximum Gasteiger partial charge on any atom is 0.133 e. The van der Waals surface area contributed by atoms with Crippen molar-refractivity contribution >= 4 is 11.3 Å². The number of rotatable bonds is 3. The zero-order chi connectivity index (χ0) is 13.1. The van der Waals surface area contributed by atoms with Crippen LogP contribution in [0, 0.1) is 5.82 Å². The molecule has 0 atom stereocenters. The molecule has 1 fully saturated rings. The number of piperazine rings is 1. The maximum atomic E-state index is 13.7. The van der Waals surface area contributed by atoms with Gasteiger partial charge in [0.15, 0.2) is 0 Å². The zero-order valence-electron chi connectivity index (χ0n) is 10.6. The van der Waals surface area contributed by atoms with Crippen molar-refractivity contribution in [3.8, 4) is 10.6 Å². The zero-order valence-corrected chi connectivity index (χ0v) is 11.4. The molecule has 5 heteroatoms. The number of nitrogens with zero attached hydrogens (tertiary/aromatic N) is 2. The van der Waals surface area contributed by atoms with E-state index in [9.17, 15) is 4.39 Å². The molecule has 1 saturated heterocycles. The van der Waals surface area contributed by atoms with Gasteiger partial charge in [-0.15, -0.1) is 11.3 Å². The molecule has 2 aromatic rings. The summed E-state index contributed by atoms with van der Waals surface area (Å²) in [5.41, 5.74) is 0.596. The Hall–Kier alpha value is -1.30. The van der Waals surface area contributed by atoms with Crippen LogP contribution < -0.4 is 5.32 Å². The van der Waals surface area contributed by atoms with E-state index in [0.29, 0.717) is 5.56 Å². The lowest BCUT2D eigenvalue weighted by Gasteiger charge is -2.26. The topological polar surface area (TPSA) is 28.2 Å². The minimum Gasteiger partial charge on any atom is -0.314 e. The fourth-order valence-electron chi connectivity index (χ4n) is 2.23. The van der Waals surface area contributed by atoms with Gasteiger partial charge in [0.2, 0.25) is 0 Å². The molecule has 1 N–H and O–H groups in total. The Bertz CT molecular complexity index is 549. The van der Waals surface area contributed by atoms with Crippen LogP contribution in [-0.4, -0.2) is 36.1 Å². The number of aromatic nitrogens is 1. The molecule has 1 aliphatic rings. The number of hydrogen-bond donors (Lipinski definition) is 1. The molecule has 1 aliphatic heterocycles. The van der Waals surface area contributed by atoms with E-state index in [0.717, 1.165) is 37.7 Å². The van der Waals surface area contributed by atoms with Gasteiger partial charge in [-0.2, -0.15) is 0 Å². The minimum atomic E-state index is -0.203. The highest BCUT2D eigenvalue weighted by atomic mass is 32.1. The predicted molar refractivity (Wildman–Crippen MR) is 75.7 cm³/mol. The highest BCUT2D eigenvalue weighted by Gasteiger charge is 2.13. The van der Waals surface area contributed by atoms with E-state index in [-0.39, 0.29) is 5.82 Å². The molecule has 0 aliphatic carbocycles. The second kappa shape index (κ2) is 5.77. The van der Waals surface area contributed by atoms with Crippen molar-refractivity contribution in [3.63, 3.8) is 0 Å². The Morgan fingerprint density at radius 3 is 2.84 bits per heavy atom. The largest absolute Gasteiger partial charge is 0.314 e. The van der Waals surface area contributed by atoms with E-state index in [1.807, 2.05) is 12.3 Å². The van der Waals surface area contributed by atoms with Crippen molar-refractivity contribution in [1.29, 1.82) is 0 Å². The quantitative estimate of drug-likeness (QED) is 0.933. The normalized spacial score (nSPS) is 16.7. The van der Waals surface area contributed by atoms with E-state index < -0.39 is 0 Å². The smallest absolute Gasteiger partial charge is 0.133 e. The summed E-state index contributed by atoms with van der Waals surface area (Å²) in [4.78, 5) is 7.94. The first-order chi connectivity index (χ1) is 9.33. The van der Waals surface area contributed by atoms with Gasteiger partial charge in [0.25, 0.3) is 0 Å². The van der Waals surface area contributed by atoms with Crippen molar-refractivity contribution in [2.24, 2.45) is 0 Å². The molecule has 3 nitrogen and oxygen atoms in total. The molecule has 1 aromatic heterocycles. The number of halogens is 1. The van der Waals surface area contributed by atoms with E-state index in [4.69, 9.17) is 0 Å². The molecule has 0 bridgehead atoms. The van der Waals surface area contributed by atoms with Crippen molar-refractivity contribution in [3.05, 3.63) is 41.2 Å². The van der Waals surface area contributed by atoms with Gasteiger partial charge < -0.3 is 5.32 Å². The standard InChI is InChI=1S/C14H16FN3S/c15-13-4-2-1-3-12(13)14-17-9-11(19-14)10-18-7-5-16-6-8-18/h1-4,9,16H,5-8,10H2. The Labute approximate surface area is 116 Å². The number of benzene rings is 1. The van der Waals surface area contributed by atoms with Gasteiger partial charge in [-0.25, -0.2) is 9.37 Å². The molecule has 2 heterocycles. The van der Waals surface area contributed by atoms with Crippen LogP contribution in [0.25, 0.3) is 10.6 Å². The molecule has 0 saturated carbocycles. The van der Waals surface area contributed by atoms with Crippen LogP contribution in [-0.2, 0) is 6.54 Å². The Kier molecular flexibility index (Phi) is 3.87. The summed E-state index contributed by atoms with van der Waals surface area (Å²) in [5.74, 6) is -0.203. The van der Waals surface area contributed by atoms with Gasteiger partial charge in [-0.1, -0.05) is 12.1 Å². The summed E-state index contributed by atoms with van der Waals surface area (Å²) in [6, 6.07) is 6.80. The lowest BCUT2D eigenvalue weighted by molar-refractivity contribution is 0.235. The van der Waals surface area contributed by atoms with Gasteiger partial charge >= 0.3 is 0 Å². The Balaban J connectivity index is 1.74. The van der Waals surface area contributed by atoms with Gasteiger partial charge in [0.05, 0.1) is 0 Å². The van der Waals surface area contributed by atoms with Crippen LogP contribution in [0.5, 0.6) is 0 Å². The van der Waals surface area contributed by atoms with Gasteiger partial charge in [-0.3, -0.25) is 4.90 Å². The monoisotopic (exact) mass is 277 g/mol. The van der Waals surface area contributed by atoms with Crippen molar-refractivity contribution in [1.82, 2.24) is 15.2 Å². The lowest BCUT2D eigenvalue weighted by Crippen LogP contribution is -2.42. The van der Waals surface area contributed by atoms with Gasteiger partial charge in [0.1, 0.15) is 10.8 Å². The molecular formula is C14H16FN3S. The highest BCUT2D eigenvalue weighted by Crippen LogP contribution is 2.27. The highest BCUT2D eigenvalue weighted by molar-refractivity contribution is 7.15. The van der Waals surface area contributed by atoms with Gasteiger partial charge in [0, 0.05) is 49.4 Å². The van der Waals surface area contributed by atoms with E-state index in [2.05, 4.69) is 15.2 Å². The fourth-order valence-corrected chi connectivity index (χ4v) is 3.21. The third-order valence-corrected chi connectivity index (χ3v) is 4.26. The average Bonchev–Trinajstić information content (AvgIpc) is 2.89. The first-order valence-corrected chi connectivity index (χ1v) is 7.27. The summed E-state index contributed by atoms with van der Waals surface area (Å²) >= 11 is 1.58. The Morgan fingerprint density at radius 2 is 2.05 bits per heavy atom. The fraction of sp³-hybridized carbons (Fsp3) is 0.357. The SMILES string of the molecule is Fc1ccccc1-c1ncc(CN2CCNCC2)s1. The molecule has 19 heavy (non-hydrogen) atoms. The summed E-state index contributed by atoms with van der Waals surface area (Å²) in [5, 5.41) is 4.10. The van der Waals surface area contributed by atoms with Gasteiger partial charge in [-0.05, 0) is 12.1 Å². The summed E-state index contributed by atoms with van der Waals surface area (Å²) < 4.78 is 13.7. The summed E-state index contributed by atoms with van der Waals surface area (Å²) in [7, 11) is 0. The Morgan fingerprint density at radius 1 is 1.26 bits per heavy atom. The van der Waals surface area contributed by atoms with Crippen molar-refractivity contribution in [2.75, 3.05) is 26.2 Å². The van der Waals surface area contributed by atoms with Crippen LogP contribution >= 0.6 is 11.3 Å². The minimum absolute atomic E-state index is 0.203. The van der Waals surface area contributed by atoms with Crippen molar-refractivity contribution < 1.29 is 4.39 Å². The first kappa shape index (κ1) is 12.7. The third-order valence-electron chi connectivity index (χ3n) is 3.25. The third kappa shape index (κ3) is 3.00.